The molecule has 8 nitrogen and oxygen atoms in total. The fourth-order valence-electron chi connectivity index (χ4n) is 2.90. The Labute approximate surface area is 172 Å². The van der Waals surface area contributed by atoms with Gasteiger partial charge in [-0.1, -0.05) is 29.0 Å². The first-order valence-electron chi connectivity index (χ1n) is 9.19. The predicted molar refractivity (Wildman–Crippen MR) is 111 cm³/mol. The number of nitrogens with zero attached hydrogens (tertiary/aromatic N) is 4. The third-order valence-electron chi connectivity index (χ3n) is 4.30. The lowest BCUT2D eigenvalue weighted by molar-refractivity contribution is -0.116. The van der Waals surface area contributed by atoms with Gasteiger partial charge in [0.25, 0.3) is 0 Å². The van der Waals surface area contributed by atoms with Gasteiger partial charge < -0.3 is 10.1 Å². The highest BCUT2D eigenvalue weighted by atomic mass is 32.1. The summed E-state index contributed by atoms with van der Waals surface area (Å²) in [6.07, 6.45) is 0.138. The topological polar surface area (TPSA) is 99.0 Å². The maximum atomic E-state index is 12.2. The molecule has 0 atom stereocenters. The minimum atomic E-state index is -0.350. The van der Waals surface area contributed by atoms with E-state index in [1.807, 2.05) is 39.0 Å². The number of hydrogen-bond acceptors (Lipinski definition) is 7. The van der Waals surface area contributed by atoms with E-state index in [1.54, 1.807) is 6.92 Å². The molecule has 0 aliphatic heterocycles. The highest BCUT2D eigenvalue weighted by molar-refractivity contribution is 7.15. The Morgan fingerprint density at radius 1 is 1.17 bits per heavy atom. The lowest BCUT2D eigenvalue weighted by atomic mass is 10.1. The second-order valence-corrected chi connectivity index (χ2v) is 7.89. The van der Waals surface area contributed by atoms with Gasteiger partial charge in [0.05, 0.1) is 0 Å². The summed E-state index contributed by atoms with van der Waals surface area (Å²) >= 11 is 1.26. The molecular formula is C20H23N5O3S. The monoisotopic (exact) mass is 413 g/mol. The third kappa shape index (κ3) is 5.47. The van der Waals surface area contributed by atoms with Crippen molar-refractivity contribution in [2.45, 2.75) is 47.3 Å². The number of amides is 1. The largest absolute Gasteiger partial charge is 0.486 e. The summed E-state index contributed by atoms with van der Waals surface area (Å²) in [5.41, 5.74) is 3.32. The summed E-state index contributed by atoms with van der Waals surface area (Å²) in [6.45, 7) is 8.14. The number of aryl methyl sites for hydroxylation is 4. The van der Waals surface area contributed by atoms with Gasteiger partial charge in [0.2, 0.25) is 11.0 Å². The van der Waals surface area contributed by atoms with E-state index in [1.165, 1.54) is 21.5 Å². The van der Waals surface area contributed by atoms with Crippen molar-refractivity contribution in [3.05, 3.63) is 62.3 Å². The highest BCUT2D eigenvalue weighted by Gasteiger charge is 2.11. The lowest BCUT2D eigenvalue weighted by Gasteiger charge is -2.09. The molecule has 0 radical (unpaired) electrons. The molecule has 0 saturated carbocycles. The van der Waals surface area contributed by atoms with Crippen molar-refractivity contribution < 1.29 is 9.53 Å². The zero-order chi connectivity index (χ0) is 21.0. The van der Waals surface area contributed by atoms with Crippen LogP contribution in [0.25, 0.3) is 0 Å². The van der Waals surface area contributed by atoms with Crippen molar-refractivity contribution in [2.24, 2.45) is 0 Å². The molecule has 3 rings (SSSR count). The number of carbonyl (C=O) groups is 1. The summed E-state index contributed by atoms with van der Waals surface area (Å²) < 4.78 is 7.27. The molecule has 1 N–H and O–H groups in total. The van der Waals surface area contributed by atoms with E-state index in [0.29, 0.717) is 15.8 Å². The van der Waals surface area contributed by atoms with Gasteiger partial charge in [-0.2, -0.15) is 4.98 Å². The highest BCUT2D eigenvalue weighted by Crippen LogP contribution is 2.22. The second-order valence-electron chi connectivity index (χ2n) is 6.83. The Bertz CT molecular complexity index is 1090. The van der Waals surface area contributed by atoms with Gasteiger partial charge in [-0.15, -0.1) is 10.2 Å². The minimum Gasteiger partial charge on any atom is -0.486 e. The number of benzene rings is 1. The average molecular weight is 414 g/mol. The molecule has 3 aromatic rings. The van der Waals surface area contributed by atoms with Gasteiger partial charge in [-0.3, -0.25) is 9.36 Å². The van der Waals surface area contributed by atoms with Crippen LogP contribution in [0.4, 0.5) is 5.13 Å². The number of nitrogens with one attached hydrogen (secondary N) is 1. The van der Waals surface area contributed by atoms with E-state index >= 15 is 0 Å². The van der Waals surface area contributed by atoms with Crippen LogP contribution in [-0.4, -0.2) is 25.7 Å². The zero-order valence-electron chi connectivity index (χ0n) is 16.9. The number of ether oxygens (including phenoxy) is 1. The van der Waals surface area contributed by atoms with E-state index in [4.69, 9.17) is 4.74 Å². The molecule has 0 fully saturated rings. The van der Waals surface area contributed by atoms with E-state index in [2.05, 4.69) is 26.6 Å². The Morgan fingerprint density at radius 2 is 1.97 bits per heavy atom. The standard InChI is InChI=1S/C20H23N5O3S/c1-12-5-6-16(13(2)9-12)28-11-18-23-24-19(29-18)22-17(26)7-8-25-15(4)10-14(3)21-20(25)27/h5-6,9-10H,7-8,11H2,1-4H3,(H,22,24,26). The first-order valence-corrected chi connectivity index (χ1v) is 10.0. The average Bonchev–Trinajstić information content (AvgIpc) is 3.07. The molecule has 0 spiro atoms. The van der Waals surface area contributed by atoms with Crippen molar-refractivity contribution >= 4 is 22.4 Å². The summed E-state index contributed by atoms with van der Waals surface area (Å²) in [4.78, 5) is 28.1. The molecule has 2 aromatic heterocycles. The van der Waals surface area contributed by atoms with Crippen molar-refractivity contribution in [1.82, 2.24) is 19.7 Å². The summed E-state index contributed by atoms with van der Waals surface area (Å²) in [5, 5.41) is 11.8. The number of hydrogen-bond donors (Lipinski definition) is 1. The molecule has 1 aromatic carbocycles. The van der Waals surface area contributed by atoms with Crippen molar-refractivity contribution in [1.29, 1.82) is 0 Å². The molecule has 0 bridgehead atoms. The van der Waals surface area contributed by atoms with Crippen LogP contribution in [0.2, 0.25) is 0 Å². The number of aromatic nitrogens is 4. The van der Waals surface area contributed by atoms with E-state index in [-0.39, 0.29) is 31.2 Å². The fraction of sp³-hybridized carbons (Fsp3) is 0.350. The maximum Gasteiger partial charge on any atom is 0.347 e. The van der Waals surface area contributed by atoms with Crippen molar-refractivity contribution in [2.75, 3.05) is 5.32 Å². The van der Waals surface area contributed by atoms with Gasteiger partial charge in [0, 0.05) is 24.4 Å². The maximum absolute atomic E-state index is 12.2. The molecule has 0 unspecified atom stereocenters. The smallest absolute Gasteiger partial charge is 0.347 e. The van der Waals surface area contributed by atoms with Crippen LogP contribution in [0.1, 0.15) is 33.9 Å². The van der Waals surface area contributed by atoms with Crippen LogP contribution < -0.4 is 15.7 Å². The molecule has 1 amide bonds. The normalized spacial score (nSPS) is 10.8. The van der Waals surface area contributed by atoms with Gasteiger partial charge in [-0.05, 0) is 45.4 Å². The van der Waals surface area contributed by atoms with E-state index in [0.717, 1.165) is 17.0 Å². The Kier molecular flexibility index (Phi) is 6.38. The first kappa shape index (κ1) is 20.7. The van der Waals surface area contributed by atoms with E-state index in [9.17, 15) is 9.59 Å². The van der Waals surface area contributed by atoms with Crippen LogP contribution in [0.15, 0.2) is 29.1 Å². The van der Waals surface area contributed by atoms with Gasteiger partial charge >= 0.3 is 5.69 Å². The SMILES string of the molecule is Cc1ccc(OCc2nnc(NC(=O)CCn3c(C)cc(C)nc3=O)s2)c(C)c1. The Hall–Kier alpha value is -3.07. The number of anilines is 1. The quantitative estimate of drug-likeness (QED) is 0.639. The van der Waals surface area contributed by atoms with E-state index < -0.39 is 0 Å². The fourth-order valence-corrected chi connectivity index (χ4v) is 3.57. The van der Waals surface area contributed by atoms with Crippen LogP contribution in [0.5, 0.6) is 5.75 Å². The van der Waals surface area contributed by atoms with Crippen LogP contribution in [0, 0.1) is 27.7 Å². The van der Waals surface area contributed by atoms with Gasteiger partial charge in [0.15, 0.2) is 5.01 Å². The van der Waals surface area contributed by atoms with Gasteiger partial charge in [0.1, 0.15) is 12.4 Å². The summed E-state index contributed by atoms with van der Waals surface area (Å²) in [5.74, 6) is 0.554. The molecule has 2 heterocycles. The van der Waals surface area contributed by atoms with Crippen molar-refractivity contribution in [3.63, 3.8) is 0 Å². The first-order chi connectivity index (χ1) is 13.8. The Balaban J connectivity index is 1.53. The molecule has 29 heavy (non-hydrogen) atoms. The van der Waals surface area contributed by atoms with Crippen LogP contribution in [-0.2, 0) is 17.9 Å². The summed E-state index contributed by atoms with van der Waals surface area (Å²) in [6, 6.07) is 7.78. The number of carbonyl (C=O) groups excluding carboxylic acids is 1. The predicted octanol–water partition coefficient (Wildman–Crippen LogP) is 2.94. The van der Waals surface area contributed by atoms with Crippen LogP contribution in [0.3, 0.4) is 0 Å². The van der Waals surface area contributed by atoms with Gasteiger partial charge in [-0.25, -0.2) is 4.79 Å². The Morgan fingerprint density at radius 3 is 2.69 bits per heavy atom. The molecule has 0 aliphatic carbocycles. The van der Waals surface area contributed by atoms with Crippen molar-refractivity contribution in [3.8, 4) is 5.75 Å². The molecule has 0 aliphatic rings. The molecular weight excluding hydrogens is 390 g/mol. The lowest BCUT2D eigenvalue weighted by Crippen LogP contribution is -2.27. The number of rotatable bonds is 7. The second kappa shape index (κ2) is 8.95. The zero-order valence-corrected chi connectivity index (χ0v) is 17.7. The summed E-state index contributed by atoms with van der Waals surface area (Å²) in [7, 11) is 0. The minimum absolute atomic E-state index is 0.138. The van der Waals surface area contributed by atoms with Crippen LogP contribution >= 0.6 is 11.3 Å². The molecule has 152 valence electrons. The molecule has 9 heteroatoms. The molecule has 0 saturated heterocycles. The third-order valence-corrected chi connectivity index (χ3v) is 5.12.